The minimum atomic E-state index is -0.624. The lowest BCUT2D eigenvalue weighted by Gasteiger charge is -2.20. The van der Waals surface area contributed by atoms with Gasteiger partial charge in [0.2, 0.25) is 5.71 Å². The quantitative estimate of drug-likeness (QED) is 0.380. The third-order valence-electron chi connectivity index (χ3n) is 2.26. The van der Waals surface area contributed by atoms with Gasteiger partial charge in [0.05, 0.1) is 16.4 Å². The second-order valence-corrected chi connectivity index (χ2v) is 5.83. The first kappa shape index (κ1) is 18.3. The van der Waals surface area contributed by atoms with Crippen molar-refractivity contribution in [1.82, 2.24) is 0 Å². The number of halogens is 1. The van der Waals surface area contributed by atoms with Gasteiger partial charge in [-0.05, 0) is 39.0 Å². The largest absolute Gasteiger partial charge is 0.444 e. The molecule has 0 aliphatic rings. The zero-order valence-corrected chi connectivity index (χ0v) is 13.7. The summed E-state index contributed by atoms with van der Waals surface area (Å²) in [5.41, 5.74) is 7.68. The van der Waals surface area contributed by atoms with Gasteiger partial charge in [-0.3, -0.25) is 16.2 Å². The smallest absolute Gasteiger partial charge is 0.412 e. The maximum atomic E-state index is 11.7. The number of anilines is 2. The number of nitriles is 1. The van der Waals surface area contributed by atoms with E-state index in [1.54, 1.807) is 39.0 Å². The van der Waals surface area contributed by atoms with Crippen LogP contribution in [0.3, 0.4) is 0 Å². The van der Waals surface area contributed by atoms with Gasteiger partial charge in [-0.1, -0.05) is 11.6 Å². The predicted octanol–water partition coefficient (Wildman–Crippen LogP) is 2.91. The van der Waals surface area contributed by atoms with E-state index < -0.39 is 17.5 Å². The van der Waals surface area contributed by atoms with Gasteiger partial charge < -0.3 is 10.5 Å². The highest BCUT2D eigenvalue weighted by atomic mass is 35.5. The fraction of sp³-hybridized carbons (Fsp3) is 0.286. The Hall–Kier alpha value is -2.79. The fourth-order valence-corrected chi connectivity index (χ4v) is 1.59. The highest BCUT2D eigenvalue weighted by Crippen LogP contribution is 2.26. The summed E-state index contributed by atoms with van der Waals surface area (Å²) >= 11 is 6.07. The number of amides is 1. The Morgan fingerprint density at radius 2 is 2.13 bits per heavy atom. The molecule has 0 radical (unpaired) electrons. The molecule has 23 heavy (non-hydrogen) atoms. The number of carbonyl (C=O) groups excluding carboxylic acids is 1. The maximum Gasteiger partial charge on any atom is 0.412 e. The summed E-state index contributed by atoms with van der Waals surface area (Å²) in [6.07, 6.45) is -0.624. The molecule has 0 saturated heterocycles. The van der Waals surface area contributed by atoms with Crippen LogP contribution in [-0.4, -0.2) is 23.2 Å². The summed E-state index contributed by atoms with van der Waals surface area (Å²) < 4.78 is 5.13. The number of nitrogens with one attached hydrogen (secondary N) is 3. The Kier molecular flexibility index (Phi) is 5.93. The van der Waals surface area contributed by atoms with Crippen molar-refractivity contribution in [3.63, 3.8) is 0 Å². The first-order valence-electron chi connectivity index (χ1n) is 6.50. The zero-order chi connectivity index (χ0) is 17.6. The molecule has 1 aromatic rings. The number of hydrogen-bond acceptors (Lipinski definition) is 6. The molecule has 0 aliphatic carbocycles. The molecule has 122 valence electrons. The fourth-order valence-electron chi connectivity index (χ4n) is 1.37. The number of benzene rings is 1. The van der Waals surface area contributed by atoms with Gasteiger partial charge in [0.25, 0.3) is 0 Å². The van der Waals surface area contributed by atoms with Crippen LogP contribution in [0.15, 0.2) is 23.3 Å². The van der Waals surface area contributed by atoms with Crippen molar-refractivity contribution in [2.45, 2.75) is 26.4 Å². The van der Waals surface area contributed by atoms with Crippen LogP contribution in [0.4, 0.5) is 16.2 Å². The summed E-state index contributed by atoms with van der Waals surface area (Å²) in [7, 11) is 0. The number of rotatable bonds is 4. The van der Waals surface area contributed by atoms with Gasteiger partial charge in [0, 0.05) is 0 Å². The molecular formula is C14H17ClN6O2. The third kappa shape index (κ3) is 6.23. The minimum Gasteiger partial charge on any atom is -0.444 e. The normalized spacial score (nSPS) is 11.3. The van der Waals surface area contributed by atoms with Gasteiger partial charge in [-0.25, -0.2) is 4.79 Å². The van der Waals surface area contributed by atoms with Gasteiger partial charge in [0.15, 0.2) is 5.84 Å². The molecule has 1 aromatic carbocycles. The van der Waals surface area contributed by atoms with Gasteiger partial charge in [-0.15, -0.1) is 0 Å². The van der Waals surface area contributed by atoms with E-state index in [1.807, 2.05) is 0 Å². The summed E-state index contributed by atoms with van der Waals surface area (Å²) in [4.78, 5) is 11.7. The molecule has 0 aromatic heterocycles. The number of nitrogens with two attached hydrogens (primary N) is 1. The van der Waals surface area contributed by atoms with E-state index in [1.165, 1.54) is 6.07 Å². The topological polar surface area (TPSA) is 136 Å². The van der Waals surface area contributed by atoms with Crippen LogP contribution in [0.25, 0.3) is 0 Å². The molecule has 0 saturated carbocycles. The van der Waals surface area contributed by atoms with Gasteiger partial charge >= 0.3 is 6.09 Å². The summed E-state index contributed by atoms with van der Waals surface area (Å²) in [5, 5.41) is 22.3. The summed E-state index contributed by atoms with van der Waals surface area (Å²) in [6, 6.07) is 6.30. The molecule has 0 unspecified atom stereocenters. The predicted molar refractivity (Wildman–Crippen MR) is 89.9 cm³/mol. The molecule has 5 N–H and O–H groups in total. The second kappa shape index (κ2) is 7.47. The van der Waals surface area contributed by atoms with Crippen LogP contribution in [0.1, 0.15) is 20.8 Å². The highest BCUT2D eigenvalue weighted by molar-refractivity contribution is 6.45. The molecule has 0 bridgehead atoms. The summed E-state index contributed by atoms with van der Waals surface area (Å²) in [6.45, 7) is 5.25. The Balaban J connectivity index is 2.81. The van der Waals surface area contributed by atoms with E-state index in [9.17, 15) is 4.79 Å². The second-order valence-electron chi connectivity index (χ2n) is 5.42. The molecule has 0 heterocycles. The third-order valence-corrected chi connectivity index (χ3v) is 2.58. The number of ether oxygens (including phenoxy) is 1. The van der Waals surface area contributed by atoms with Gasteiger partial charge in [-0.2, -0.15) is 10.4 Å². The number of nitrogens with zero attached hydrogens (tertiary/aromatic N) is 2. The first-order chi connectivity index (χ1) is 10.6. The van der Waals surface area contributed by atoms with E-state index in [2.05, 4.69) is 15.8 Å². The van der Waals surface area contributed by atoms with E-state index in [0.29, 0.717) is 11.4 Å². The lowest BCUT2D eigenvalue weighted by molar-refractivity contribution is 0.0636. The molecule has 0 aliphatic heterocycles. The van der Waals surface area contributed by atoms with Crippen molar-refractivity contribution in [2.24, 2.45) is 10.8 Å². The monoisotopic (exact) mass is 336 g/mol. The molecule has 8 nitrogen and oxygen atoms in total. The maximum absolute atomic E-state index is 11.7. The molecule has 9 heteroatoms. The van der Waals surface area contributed by atoms with E-state index in [-0.39, 0.29) is 10.7 Å². The van der Waals surface area contributed by atoms with Crippen LogP contribution < -0.4 is 16.5 Å². The number of amidine groups is 1. The van der Waals surface area contributed by atoms with Crippen LogP contribution in [0, 0.1) is 16.7 Å². The zero-order valence-electron chi connectivity index (χ0n) is 12.9. The minimum absolute atomic E-state index is 0.248. The van der Waals surface area contributed by atoms with Crippen LogP contribution >= 0.6 is 11.6 Å². The molecular weight excluding hydrogens is 320 g/mol. The highest BCUT2D eigenvalue weighted by Gasteiger charge is 2.17. The van der Waals surface area contributed by atoms with Crippen molar-refractivity contribution in [3.8, 4) is 6.07 Å². The molecule has 0 atom stereocenters. The van der Waals surface area contributed by atoms with Crippen molar-refractivity contribution in [2.75, 3.05) is 10.7 Å². The van der Waals surface area contributed by atoms with Crippen molar-refractivity contribution < 1.29 is 9.53 Å². The molecule has 0 fully saturated rings. The van der Waals surface area contributed by atoms with Crippen LogP contribution in [0.5, 0.6) is 0 Å². The number of carbonyl (C=O) groups is 1. The van der Waals surface area contributed by atoms with Crippen LogP contribution in [-0.2, 0) is 4.74 Å². The van der Waals surface area contributed by atoms with E-state index >= 15 is 0 Å². The Labute approximate surface area is 138 Å². The lowest BCUT2D eigenvalue weighted by atomic mass is 10.2. The molecule has 0 spiro atoms. The van der Waals surface area contributed by atoms with Crippen molar-refractivity contribution in [1.29, 1.82) is 10.7 Å². The summed E-state index contributed by atoms with van der Waals surface area (Å²) in [5.74, 6) is -0.450. The first-order valence-corrected chi connectivity index (χ1v) is 6.88. The average molecular weight is 337 g/mol. The average Bonchev–Trinajstić information content (AvgIpc) is 2.40. The Bertz CT molecular complexity index is 687. The standard InChI is InChI=1S/C14H17ClN6O2/c1-14(2,3)23-13(22)19-10-5-4-8(6-9(10)15)20-21-11(7-16)12(17)18/h4-6,20H,1-3H3,(H3,17,18)(H,19,22)/b21-11+. The van der Waals surface area contributed by atoms with Crippen LogP contribution in [0.2, 0.25) is 5.02 Å². The van der Waals surface area contributed by atoms with Crippen molar-refractivity contribution >= 4 is 40.6 Å². The molecule has 1 amide bonds. The van der Waals surface area contributed by atoms with Crippen molar-refractivity contribution in [3.05, 3.63) is 23.2 Å². The Morgan fingerprint density at radius 3 is 2.61 bits per heavy atom. The molecule has 1 rings (SSSR count). The number of hydrogen-bond donors (Lipinski definition) is 4. The van der Waals surface area contributed by atoms with E-state index in [4.69, 9.17) is 32.7 Å². The van der Waals surface area contributed by atoms with E-state index in [0.717, 1.165) is 0 Å². The SMILES string of the molecule is CC(C)(C)OC(=O)Nc1ccc(N/N=C(\C#N)C(=N)N)cc1Cl. The van der Waals surface area contributed by atoms with Gasteiger partial charge in [0.1, 0.15) is 11.7 Å². The Morgan fingerprint density at radius 1 is 1.48 bits per heavy atom. The number of hydrazone groups is 1. The lowest BCUT2D eigenvalue weighted by Crippen LogP contribution is -2.27.